The molecule has 3 rings (SSSR count). The highest BCUT2D eigenvalue weighted by atomic mass is 16.1. The van der Waals surface area contributed by atoms with Crippen molar-refractivity contribution in [2.24, 2.45) is 5.92 Å². The van der Waals surface area contributed by atoms with E-state index in [0.29, 0.717) is 5.56 Å². The van der Waals surface area contributed by atoms with Crippen LogP contribution in [0, 0.1) is 5.92 Å². The number of carbonyl (C=O) groups is 1. The Morgan fingerprint density at radius 2 is 1.82 bits per heavy atom. The number of amides is 1. The lowest BCUT2D eigenvalue weighted by Crippen LogP contribution is -2.40. The fourth-order valence-corrected chi connectivity index (χ4v) is 3.78. The topological polar surface area (TPSA) is 58.1 Å². The van der Waals surface area contributed by atoms with Crippen molar-refractivity contribution in [3.8, 4) is 0 Å². The van der Waals surface area contributed by atoms with Gasteiger partial charge in [-0.1, -0.05) is 12.8 Å². The number of carbonyl (C=O) groups excluding carboxylic acids is 1. The van der Waals surface area contributed by atoms with Crippen LogP contribution in [0.15, 0.2) is 18.7 Å². The summed E-state index contributed by atoms with van der Waals surface area (Å²) in [4.78, 5) is 22.4. The number of aromatic nitrogens is 2. The van der Waals surface area contributed by atoms with E-state index in [2.05, 4.69) is 20.2 Å². The van der Waals surface area contributed by atoms with E-state index in [9.17, 15) is 4.79 Å². The number of piperidine rings is 1. The molecule has 1 N–H and O–H groups in total. The Balaban J connectivity index is 1.34. The van der Waals surface area contributed by atoms with Gasteiger partial charge in [0.15, 0.2) is 0 Å². The number of hydrogen-bond acceptors (Lipinski definition) is 4. The van der Waals surface area contributed by atoms with Crippen molar-refractivity contribution in [2.75, 3.05) is 19.6 Å². The molecule has 1 saturated heterocycles. The third kappa shape index (κ3) is 4.03. The Kier molecular flexibility index (Phi) is 5.38. The van der Waals surface area contributed by atoms with Gasteiger partial charge in [-0.15, -0.1) is 0 Å². The summed E-state index contributed by atoms with van der Waals surface area (Å²) in [6, 6.07) is 0.860. The SMILES string of the molecule is O=C(NCCC1CCN(C2CCCC2)CC1)c1cncnc1. The summed E-state index contributed by atoms with van der Waals surface area (Å²) >= 11 is 0. The summed E-state index contributed by atoms with van der Waals surface area (Å²) in [5.74, 6) is 0.689. The summed E-state index contributed by atoms with van der Waals surface area (Å²) in [5, 5.41) is 2.98. The van der Waals surface area contributed by atoms with Gasteiger partial charge in [0, 0.05) is 25.0 Å². The highest BCUT2D eigenvalue weighted by molar-refractivity contribution is 5.93. The van der Waals surface area contributed by atoms with Crippen LogP contribution in [0.4, 0.5) is 0 Å². The number of nitrogens with one attached hydrogen (secondary N) is 1. The molecule has 1 aromatic heterocycles. The molecule has 1 amide bonds. The molecule has 0 aromatic carbocycles. The predicted molar refractivity (Wildman–Crippen MR) is 85.5 cm³/mol. The van der Waals surface area contributed by atoms with Crippen LogP contribution in [0.2, 0.25) is 0 Å². The van der Waals surface area contributed by atoms with E-state index in [1.165, 1.54) is 57.9 Å². The maximum atomic E-state index is 11.9. The Labute approximate surface area is 132 Å². The second kappa shape index (κ2) is 7.68. The lowest BCUT2D eigenvalue weighted by atomic mass is 9.92. The molecule has 2 heterocycles. The van der Waals surface area contributed by atoms with Gasteiger partial charge >= 0.3 is 0 Å². The Morgan fingerprint density at radius 3 is 2.50 bits per heavy atom. The van der Waals surface area contributed by atoms with Crippen molar-refractivity contribution in [3.63, 3.8) is 0 Å². The minimum Gasteiger partial charge on any atom is -0.352 e. The van der Waals surface area contributed by atoms with Crippen LogP contribution >= 0.6 is 0 Å². The van der Waals surface area contributed by atoms with E-state index in [4.69, 9.17) is 0 Å². The highest BCUT2D eigenvalue weighted by Gasteiger charge is 2.26. The predicted octanol–water partition coefficient (Wildman–Crippen LogP) is 2.25. The normalized spacial score (nSPS) is 21.1. The van der Waals surface area contributed by atoms with Gasteiger partial charge in [-0.25, -0.2) is 9.97 Å². The summed E-state index contributed by atoms with van der Waals surface area (Å²) in [7, 11) is 0. The van der Waals surface area contributed by atoms with E-state index in [0.717, 1.165) is 24.9 Å². The molecule has 1 aromatic rings. The molecular weight excluding hydrogens is 276 g/mol. The Hall–Kier alpha value is -1.49. The molecule has 1 saturated carbocycles. The standard InChI is InChI=1S/C17H26N4O/c22-17(15-11-18-13-19-12-15)20-8-5-14-6-9-21(10-7-14)16-3-1-2-4-16/h11-14,16H,1-10H2,(H,20,22). The van der Waals surface area contributed by atoms with Crippen LogP contribution in [-0.4, -0.2) is 46.5 Å². The van der Waals surface area contributed by atoms with Crippen LogP contribution in [-0.2, 0) is 0 Å². The molecule has 5 nitrogen and oxygen atoms in total. The van der Waals surface area contributed by atoms with Crippen LogP contribution in [0.3, 0.4) is 0 Å². The van der Waals surface area contributed by atoms with Gasteiger partial charge in [0.05, 0.1) is 5.56 Å². The molecule has 2 fully saturated rings. The van der Waals surface area contributed by atoms with Gasteiger partial charge in [0.2, 0.25) is 0 Å². The first-order valence-corrected chi connectivity index (χ1v) is 8.60. The minimum absolute atomic E-state index is 0.0657. The molecule has 2 aliphatic rings. The monoisotopic (exact) mass is 302 g/mol. The van der Waals surface area contributed by atoms with Gasteiger partial charge in [-0.2, -0.15) is 0 Å². The summed E-state index contributed by atoms with van der Waals surface area (Å²) in [6.45, 7) is 3.24. The van der Waals surface area contributed by atoms with Crippen molar-refractivity contribution in [1.29, 1.82) is 0 Å². The molecule has 5 heteroatoms. The van der Waals surface area contributed by atoms with Crippen molar-refractivity contribution in [3.05, 3.63) is 24.3 Å². The third-order valence-electron chi connectivity index (χ3n) is 5.15. The largest absolute Gasteiger partial charge is 0.352 e. The number of rotatable bonds is 5. The van der Waals surface area contributed by atoms with Gasteiger partial charge in [-0.05, 0) is 51.1 Å². The van der Waals surface area contributed by atoms with E-state index in [-0.39, 0.29) is 5.91 Å². The van der Waals surface area contributed by atoms with E-state index < -0.39 is 0 Å². The van der Waals surface area contributed by atoms with Gasteiger partial charge in [0.1, 0.15) is 6.33 Å². The number of hydrogen-bond donors (Lipinski definition) is 1. The zero-order valence-corrected chi connectivity index (χ0v) is 13.2. The molecule has 0 atom stereocenters. The molecular formula is C17H26N4O. The average molecular weight is 302 g/mol. The van der Waals surface area contributed by atoms with Crippen molar-refractivity contribution < 1.29 is 4.79 Å². The summed E-state index contributed by atoms with van der Waals surface area (Å²) in [5.41, 5.74) is 0.540. The van der Waals surface area contributed by atoms with Crippen LogP contribution < -0.4 is 5.32 Å². The Bertz CT molecular complexity index is 465. The first-order valence-electron chi connectivity index (χ1n) is 8.60. The average Bonchev–Trinajstić information content (AvgIpc) is 3.11. The smallest absolute Gasteiger partial charge is 0.254 e. The van der Waals surface area contributed by atoms with Gasteiger partial charge in [0.25, 0.3) is 5.91 Å². The number of nitrogens with zero attached hydrogens (tertiary/aromatic N) is 3. The van der Waals surface area contributed by atoms with Crippen LogP contribution in [0.5, 0.6) is 0 Å². The second-order valence-corrected chi connectivity index (χ2v) is 6.59. The molecule has 0 unspecified atom stereocenters. The van der Waals surface area contributed by atoms with Gasteiger partial charge in [-0.3, -0.25) is 4.79 Å². The van der Waals surface area contributed by atoms with Crippen molar-refractivity contribution in [2.45, 2.75) is 51.0 Å². The van der Waals surface area contributed by atoms with E-state index in [1.807, 2.05) is 0 Å². The molecule has 0 bridgehead atoms. The zero-order chi connectivity index (χ0) is 15.2. The highest BCUT2D eigenvalue weighted by Crippen LogP contribution is 2.28. The first-order chi connectivity index (χ1) is 10.8. The lowest BCUT2D eigenvalue weighted by Gasteiger charge is -2.36. The molecule has 22 heavy (non-hydrogen) atoms. The van der Waals surface area contributed by atoms with E-state index >= 15 is 0 Å². The maximum absolute atomic E-state index is 11.9. The van der Waals surface area contributed by atoms with E-state index in [1.54, 1.807) is 12.4 Å². The van der Waals surface area contributed by atoms with Crippen LogP contribution in [0.1, 0.15) is 55.3 Å². The quantitative estimate of drug-likeness (QED) is 0.906. The van der Waals surface area contributed by atoms with Crippen molar-refractivity contribution in [1.82, 2.24) is 20.2 Å². The number of likely N-dealkylation sites (tertiary alicyclic amines) is 1. The van der Waals surface area contributed by atoms with Crippen molar-refractivity contribution >= 4 is 5.91 Å². The summed E-state index contributed by atoms with van der Waals surface area (Å²) in [6.07, 6.45) is 13.8. The van der Waals surface area contributed by atoms with Crippen LogP contribution in [0.25, 0.3) is 0 Å². The molecule has 120 valence electrons. The molecule has 1 aliphatic heterocycles. The lowest BCUT2D eigenvalue weighted by molar-refractivity contribution is 0.0943. The maximum Gasteiger partial charge on any atom is 0.254 e. The van der Waals surface area contributed by atoms with Gasteiger partial charge < -0.3 is 10.2 Å². The molecule has 1 aliphatic carbocycles. The minimum atomic E-state index is -0.0657. The Morgan fingerprint density at radius 1 is 1.14 bits per heavy atom. The summed E-state index contributed by atoms with van der Waals surface area (Å²) < 4.78 is 0. The fourth-order valence-electron chi connectivity index (χ4n) is 3.78. The third-order valence-corrected chi connectivity index (χ3v) is 5.15. The second-order valence-electron chi connectivity index (χ2n) is 6.59. The molecule has 0 spiro atoms. The zero-order valence-electron chi connectivity index (χ0n) is 13.2. The fraction of sp³-hybridized carbons (Fsp3) is 0.706. The molecule has 0 radical (unpaired) electrons. The first kappa shape index (κ1) is 15.4.